The topological polar surface area (TPSA) is 78.7 Å². The van der Waals surface area contributed by atoms with Crippen LogP contribution in [0, 0.1) is 6.92 Å². The van der Waals surface area contributed by atoms with Gasteiger partial charge in [-0.2, -0.15) is 0 Å². The maximum Gasteiger partial charge on any atom is 0.245 e. The molecule has 0 aromatic carbocycles. The fraction of sp³-hybridized carbons (Fsp3) is 0.750. The number of amides is 2. The van der Waals surface area contributed by atoms with Crippen molar-refractivity contribution in [3.8, 4) is 0 Å². The summed E-state index contributed by atoms with van der Waals surface area (Å²) in [6.45, 7) is 7.62. The van der Waals surface area contributed by atoms with Gasteiger partial charge in [0.1, 0.15) is 5.76 Å². The highest BCUT2D eigenvalue weighted by molar-refractivity contribution is 5.93. The highest BCUT2D eigenvalue weighted by atomic mass is 16.5. The summed E-state index contributed by atoms with van der Waals surface area (Å²) in [4.78, 5) is 29.1. The quantitative estimate of drug-likeness (QED) is 0.565. The number of nitrogens with zero attached hydrogens (tertiary/aromatic N) is 3. The molecule has 1 N–H and O–H groups in total. The Morgan fingerprint density at radius 2 is 1.96 bits per heavy atom. The highest BCUT2D eigenvalue weighted by Gasteiger charge is 2.20. The summed E-state index contributed by atoms with van der Waals surface area (Å²) in [6, 6.07) is 1.67. The molecule has 152 valence electrons. The summed E-state index contributed by atoms with van der Waals surface area (Å²) >= 11 is 0. The van der Waals surface area contributed by atoms with Crippen molar-refractivity contribution in [1.82, 2.24) is 15.0 Å². The molecule has 7 heteroatoms. The SMILES string of the molecule is CCCCCCCC(=O)N(CCN1CCCC1)CC(=O)Nc1cc(C)on1. The van der Waals surface area contributed by atoms with Crippen molar-refractivity contribution in [1.29, 1.82) is 0 Å². The third kappa shape index (κ3) is 8.12. The largest absolute Gasteiger partial charge is 0.360 e. The van der Waals surface area contributed by atoms with E-state index in [1.165, 1.54) is 32.1 Å². The van der Waals surface area contributed by atoms with Crippen molar-refractivity contribution in [2.45, 2.75) is 65.2 Å². The molecular formula is C20H34N4O3. The van der Waals surface area contributed by atoms with E-state index in [-0.39, 0.29) is 18.4 Å². The van der Waals surface area contributed by atoms with Crippen LogP contribution in [0.5, 0.6) is 0 Å². The molecule has 0 radical (unpaired) electrons. The molecule has 2 rings (SSSR count). The molecular weight excluding hydrogens is 344 g/mol. The first-order chi connectivity index (χ1) is 13.1. The maximum absolute atomic E-state index is 12.7. The van der Waals surface area contributed by atoms with Crippen LogP contribution in [0.2, 0.25) is 0 Å². The molecule has 0 aliphatic carbocycles. The van der Waals surface area contributed by atoms with Gasteiger partial charge >= 0.3 is 0 Å². The number of carbonyl (C=O) groups excluding carboxylic acids is 2. The third-order valence-corrected chi connectivity index (χ3v) is 4.96. The summed E-state index contributed by atoms with van der Waals surface area (Å²) in [7, 11) is 0. The Balaban J connectivity index is 1.82. The molecule has 7 nitrogen and oxygen atoms in total. The zero-order valence-corrected chi connectivity index (χ0v) is 16.8. The van der Waals surface area contributed by atoms with Gasteiger partial charge in [-0.05, 0) is 39.3 Å². The number of anilines is 1. The highest BCUT2D eigenvalue weighted by Crippen LogP contribution is 2.11. The molecule has 0 unspecified atom stereocenters. The van der Waals surface area contributed by atoms with Crippen LogP contribution in [0.4, 0.5) is 5.82 Å². The first kappa shape index (κ1) is 21.4. The minimum atomic E-state index is -0.232. The van der Waals surface area contributed by atoms with Crippen LogP contribution in [-0.4, -0.2) is 59.5 Å². The summed E-state index contributed by atoms with van der Waals surface area (Å²) in [5.74, 6) is 0.865. The second kappa shape index (κ2) is 11.7. The number of unbranched alkanes of at least 4 members (excludes halogenated alkanes) is 4. The van der Waals surface area contributed by atoms with E-state index in [0.29, 0.717) is 24.5 Å². The molecule has 0 bridgehead atoms. The lowest BCUT2D eigenvalue weighted by Gasteiger charge is -2.25. The first-order valence-corrected chi connectivity index (χ1v) is 10.3. The Hall–Kier alpha value is -1.89. The van der Waals surface area contributed by atoms with E-state index in [2.05, 4.69) is 22.3 Å². The monoisotopic (exact) mass is 378 g/mol. The van der Waals surface area contributed by atoms with Gasteiger partial charge < -0.3 is 19.6 Å². The van der Waals surface area contributed by atoms with Gasteiger partial charge in [-0.25, -0.2) is 0 Å². The lowest BCUT2D eigenvalue weighted by atomic mass is 10.1. The number of hydrogen-bond donors (Lipinski definition) is 1. The molecule has 1 aliphatic rings. The van der Waals surface area contributed by atoms with E-state index in [4.69, 9.17) is 4.52 Å². The number of nitrogens with one attached hydrogen (secondary N) is 1. The Bertz CT molecular complexity index is 582. The predicted octanol–water partition coefficient (Wildman–Crippen LogP) is 3.21. The van der Waals surface area contributed by atoms with Gasteiger partial charge in [0.05, 0.1) is 6.54 Å². The van der Waals surface area contributed by atoms with Crippen molar-refractivity contribution in [2.24, 2.45) is 0 Å². The fourth-order valence-electron chi connectivity index (χ4n) is 3.38. The maximum atomic E-state index is 12.7. The van der Waals surface area contributed by atoms with E-state index in [1.54, 1.807) is 17.9 Å². The van der Waals surface area contributed by atoms with Crippen LogP contribution < -0.4 is 5.32 Å². The van der Waals surface area contributed by atoms with Crippen LogP contribution in [-0.2, 0) is 9.59 Å². The summed E-state index contributed by atoms with van der Waals surface area (Å²) in [5, 5.41) is 6.49. The number of aromatic nitrogens is 1. The number of hydrogen-bond acceptors (Lipinski definition) is 5. The zero-order chi connectivity index (χ0) is 19.5. The minimum absolute atomic E-state index is 0.0630. The number of carbonyl (C=O) groups is 2. The molecule has 0 atom stereocenters. The smallest absolute Gasteiger partial charge is 0.245 e. The number of aryl methyl sites for hydroxylation is 1. The minimum Gasteiger partial charge on any atom is -0.360 e. The van der Waals surface area contributed by atoms with Crippen LogP contribution in [0.25, 0.3) is 0 Å². The summed E-state index contributed by atoms with van der Waals surface area (Å²) in [5.41, 5.74) is 0. The molecule has 27 heavy (non-hydrogen) atoms. The van der Waals surface area contributed by atoms with Gasteiger partial charge in [0, 0.05) is 25.6 Å². The number of rotatable bonds is 12. The van der Waals surface area contributed by atoms with Gasteiger partial charge in [0.15, 0.2) is 5.82 Å². The predicted molar refractivity (Wildman–Crippen MR) is 105 cm³/mol. The molecule has 2 amide bonds. The molecule has 2 heterocycles. The first-order valence-electron chi connectivity index (χ1n) is 10.3. The van der Waals surface area contributed by atoms with Crippen LogP contribution in [0.15, 0.2) is 10.6 Å². The molecule has 1 aliphatic heterocycles. The van der Waals surface area contributed by atoms with Gasteiger partial charge in [-0.3, -0.25) is 9.59 Å². The fourth-order valence-corrected chi connectivity index (χ4v) is 3.38. The van der Waals surface area contributed by atoms with Crippen molar-refractivity contribution in [2.75, 3.05) is 38.0 Å². The second-order valence-corrected chi connectivity index (χ2v) is 7.40. The molecule has 1 aromatic heterocycles. The lowest BCUT2D eigenvalue weighted by Crippen LogP contribution is -2.42. The Kier molecular flexibility index (Phi) is 9.31. The van der Waals surface area contributed by atoms with E-state index in [9.17, 15) is 9.59 Å². The summed E-state index contributed by atoms with van der Waals surface area (Å²) in [6.07, 6.45) is 8.50. The molecule has 1 saturated heterocycles. The third-order valence-electron chi connectivity index (χ3n) is 4.96. The van der Waals surface area contributed by atoms with Gasteiger partial charge in [0.25, 0.3) is 0 Å². The normalized spacial score (nSPS) is 14.4. The lowest BCUT2D eigenvalue weighted by molar-refractivity contribution is -0.135. The summed E-state index contributed by atoms with van der Waals surface area (Å²) < 4.78 is 4.97. The van der Waals surface area contributed by atoms with E-state index < -0.39 is 0 Å². The van der Waals surface area contributed by atoms with Crippen molar-refractivity contribution < 1.29 is 14.1 Å². The zero-order valence-electron chi connectivity index (χ0n) is 16.8. The molecule has 1 aromatic rings. The molecule has 0 saturated carbocycles. The second-order valence-electron chi connectivity index (χ2n) is 7.40. The van der Waals surface area contributed by atoms with Crippen LogP contribution in [0.3, 0.4) is 0 Å². The van der Waals surface area contributed by atoms with Crippen molar-refractivity contribution in [3.63, 3.8) is 0 Å². The number of likely N-dealkylation sites (tertiary alicyclic amines) is 1. The van der Waals surface area contributed by atoms with Crippen molar-refractivity contribution >= 4 is 17.6 Å². The van der Waals surface area contributed by atoms with E-state index in [1.807, 2.05) is 0 Å². The van der Waals surface area contributed by atoms with Gasteiger partial charge in [-0.15, -0.1) is 0 Å². The molecule has 0 spiro atoms. The van der Waals surface area contributed by atoms with E-state index in [0.717, 1.165) is 32.5 Å². The molecule has 1 fully saturated rings. The van der Waals surface area contributed by atoms with Crippen LogP contribution >= 0.6 is 0 Å². The standard InChI is InChI=1S/C20H34N4O3/c1-3-4-5-6-7-10-20(26)24(14-13-23-11-8-9-12-23)16-19(25)21-18-15-17(2)27-22-18/h15H,3-14,16H2,1-2H3,(H,21,22,25). The van der Waals surface area contributed by atoms with Crippen molar-refractivity contribution in [3.05, 3.63) is 11.8 Å². The van der Waals surface area contributed by atoms with Gasteiger partial charge in [-0.1, -0.05) is 37.8 Å². The Morgan fingerprint density at radius 3 is 2.63 bits per heavy atom. The van der Waals surface area contributed by atoms with Crippen LogP contribution in [0.1, 0.15) is 64.1 Å². The van der Waals surface area contributed by atoms with Gasteiger partial charge in [0.2, 0.25) is 11.8 Å². The van der Waals surface area contributed by atoms with E-state index >= 15 is 0 Å². The average molecular weight is 379 g/mol. The Labute approximate surface area is 162 Å². The average Bonchev–Trinajstić information content (AvgIpc) is 3.30. The Morgan fingerprint density at radius 1 is 1.22 bits per heavy atom.